The molecular weight excluding hydrogens is 216 g/mol. The molecule has 1 atom stereocenters. The van der Waals surface area contributed by atoms with Crippen LogP contribution in [0.3, 0.4) is 0 Å². The lowest BCUT2D eigenvalue weighted by atomic mass is 10.0. The van der Waals surface area contributed by atoms with Gasteiger partial charge in [0.1, 0.15) is 0 Å². The molecule has 1 aliphatic rings. The summed E-state index contributed by atoms with van der Waals surface area (Å²) in [5.41, 5.74) is 4.55. The largest absolute Gasteiger partial charge is 0.306 e. The van der Waals surface area contributed by atoms with Gasteiger partial charge in [0.2, 0.25) is 0 Å². The van der Waals surface area contributed by atoms with E-state index in [1.807, 2.05) is 18.2 Å². The molecule has 1 aromatic rings. The van der Waals surface area contributed by atoms with Gasteiger partial charge in [0.15, 0.2) is 0 Å². The van der Waals surface area contributed by atoms with Gasteiger partial charge in [-0.3, -0.25) is 10.0 Å². The molecule has 3 N–H and O–H groups in total. The molecule has 1 aliphatic carbocycles. The minimum Gasteiger partial charge on any atom is -0.306 e. The van der Waals surface area contributed by atoms with E-state index >= 15 is 0 Å². The first-order chi connectivity index (χ1) is 8.26. The van der Waals surface area contributed by atoms with Crippen molar-refractivity contribution in [2.45, 2.75) is 18.9 Å². The number of nitrogens with one attached hydrogen (secondary N) is 2. The predicted octanol–water partition coefficient (Wildman–Crippen LogP) is 1.57. The van der Waals surface area contributed by atoms with Crippen molar-refractivity contribution in [3.8, 4) is 0 Å². The molecule has 17 heavy (non-hydrogen) atoms. The number of hydrogen-bond acceptors (Lipinski definition) is 3. The third kappa shape index (κ3) is 2.38. The SMILES string of the molecule is C=CCN[C@@H]1CCc2ccc(C(=O)NO)cc21. The van der Waals surface area contributed by atoms with Crippen LogP contribution in [0.25, 0.3) is 0 Å². The van der Waals surface area contributed by atoms with Crippen molar-refractivity contribution >= 4 is 5.91 Å². The van der Waals surface area contributed by atoms with Gasteiger partial charge < -0.3 is 5.32 Å². The van der Waals surface area contributed by atoms with E-state index in [0.29, 0.717) is 5.56 Å². The highest BCUT2D eigenvalue weighted by molar-refractivity contribution is 5.93. The van der Waals surface area contributed by atoms with Gasteiger partial charge in [-0.25, -0.2) is 5.48 Å². The lowest BCUT2D eigenvalue weighted by Gasteiger charge is -2.13. The highest BCUT2D eigenvalue weighted by atomic mass is 16.5. The summed E-state index contributed by atoms with van der Waals surface area (Å²) in [5.74, 6) is -0.470. The Kier molecular flexibility index (Phi) is 3.56. The number of rotatable bonds is 4. The fourth-order valence-electron chi connectivity index (χ4n) is 2.25. The maximum Gasteiger partial charge on any atom is 0.274 e. The van der Waals surface area contributed by atoms with Crippen LogP contribution in [0.4, 0.5) is 0 Å². The number of hydrogen-bond donors (Lipinski definition) is 3. The summed E-state index contributed by atoms with van der Waals surface area (Å²) in [4.78, 5) is 11.3. The van der Waals surface area contributed by atoms with E-state index < -0.39 is 5.91 Å². The Balaban J connectivity index is 2.24. The van der Waals surface area contributed by atoms with Gasteiger partial charge in [-0.15, -0.1) is 6.58 Å². The first-order valence-electron chi connectivity index (χ1n) is 5.67. The third-order valence-electron chi connectivity index (χ3n) is 3.10. The summed E-state index contributed by atoms with van der Waals surface area (Å²) < 4.78 is 0. The Labute approximate surface area is 100 Å². The van der Waals surface area contributed by atoms with Crippen LogP contribution in [0.15, 0.2) is 30.9 Å². The molecule has 2 rings (SSSR count). The molecule has 1 amide bonds. The molecule has 0 aromatic heterocycles. The van der Waals surface area contributed by atoms with E-state index in [1.54, 1.807) is 11.5 Å². The number of carbonyl (C=O) groups is 1. The standard InChI is InChI=1S/C13H16N2O2/c1-2-7-14-12-6-5-9-3-4-10(8-11(9)12)13(16)15-17/h2-4,8,12,14,17H,1,5-7H2,(H,15,16)/t12-/m1/s1. The van der Waals surface area contributed by atoms with Crippen molar-refractivity contribution in [2.24, 2.45) is 0 Å². The van der Waals surface area contributed by atoms with Crippen LogP contribution >= 0.6 is 0 Å². The molecule has 1 aromatic carbocycles. The molecule has 0 unspecified atom stereocenters. The summed E-state index contributed by atoms with van der Waals surface area (Å²) in [6, 6.07) is 5.80. The predicted molar refractivity (Wildman–Crippen MR) is 65.0 cm³/mol. The second-order valence-electron chi connectivity index (χ2n) is 4.14. The van der Waals surface area contributed by atoms with Gasteiger partial charge in [-0.2, -0.15) is 0 Å². The fraction of sp³-hybridized carbons (Fsp3) is 0.308. The average Bonchev–Trinajstić information content (AvgIpc) is 2.77. The number of fused-ring (bicyclic) bond motifs is 1. The highest BCUT2D eigenvalue weighted by Crippen LogP contribution is 2.31. The van der Waals surface area contributed by atoms with Gasteiger partial charge in [-0.05, 0) is 36.1 Å². The number of hydroxylamine groups is 1. The van der Waals surface area contributed by atoms with Crippen molar-refractivity contribution in [2.75, 3.05) is 6.54 Å². The average molecular weight is 232 g/mol. The van der Waals surface area contributed by atoms with Crippen LogP contribution in [0.5, 0.6) is 0 Å². The van der Waals surface area contributed by atoms with E-state index in [-0.39, 0.29) is 6.04 Å². The number of aryl methyl sites for hydroxylation is 1. The van der Waals surface area contributed by atoms with Crippen LogP contribution in [0.2, 0.25) is 0 Å². The van der Waals surface area contributed by atoms with E-state index in [0.717, 1.165) is 24.9 Å². The Morgan fingerprint density at radius 2 is 2.41 bits per heavy atom. The number of carbonyl (C=O) groups excluding carboxylic acids is 1. The summed E-state index contributed by atoms with van der Waals surface area (Å²) in [7, 11) is 0. The Bertz CT molecular complexity index is 443. The van der Waals surface area contributed by atoms with E-state index in [2.05, 4.69) is 11.9 Å². The van der Waals surface area contributed by atoms with Crippen LogP contribution in [0, 0.1) is 0 Å². The van der Waals surface area contributed by atoms with Crippen molar-refractivity contribution in [1.82, 2.24) is 10.8 Å². The second kappa shape index (κ2) is 5.12. The summed E-state index contributed by atoms with van der Waals surface area (Å²) in [6.07, 6.45) is 3.88. The van der Waals surface area contributed by atoms with Gasteiger partial charge in [0, 0.05) is 18.2 Å². The van der Waals surface area contributed by atoms with Crippen LogP contribution in [-0.4, -0.2) is 17.7 Å². The van der Waals surface area contributed by atoms with Crippen LogP contribution in [0.1, 0.15) is 33.9 Å². The molecular formula is C13H16N2O2. The summed E-state index contributed by atoms with van der Waals surface area (Å²) in [5, 5.41) is 12.0. The van der Waals surface area contributed by atoms with E-state index in [9.17, 15) is 4.79 Å². The van der Waals surface area contributed by atoms with Crippen molar-refractivity contribution in [1.29, 1.82) is 0 Å². The van der Waals surface area contributed by atoms with Gasteiger partial charge >= 0.3 is 0 Å². The molecule has 4 nitrogen and oxygen atoms in total. The molecule has 90 valence electrons. The molecule has 0 fully saturated rings. The summed E-state index contributed by atoms with van der Waals surface area (Å²) >= 11 is 0. The Morgan fingerprint density at radius 3 is 3.12 bits per heavy atom. The lowest BCUT2D eigenvalue weighted by Crippen LogP contribution is -2.21. The van der Waals surface area contributed by atoms with Crippen LogP contribution < -0.4 is 10.8 Å². The minimum atomic E-state index is -0.470. The molecule has 0 saturated heterocycles. The topological polar surface area (TPSA) is 61.4 Å². The fourth-order valence-corrected chi connectivity index (χ4v) is 2.25. The molecule has 0 bridgehead atoms. The Morgan fingerprint density at radius 1 is 1.59 bits per heavy atom. The highest BCUT2D eigenvalue weighted by Gasteiger charge is 2.22. The lowest BCUT2D eigenvalue weighted by molar-refractivity contribution is 0.0706. The van der Waals surface area contributed by atoms with Crippen LogP contribution in [-0.2, 0) is 6.42 Å². The maximum atomic E-state index is 11.3. The molecule has 0 spiro atoms. The molecule has 0 aliphatic heterocycles. The number of amides is 1. The van der Waals surface area contributed by atoms with Gasteiger partial charge in [0.05, 0.1) is 0 Å². The molecule has 0 heterocycles. The third-order valence-corrected chi connectivity index (χ3v) is 3.10. The van der Waals surface area contributed by atoms with E-state index in [4.69, 9.17) is 5.21 Å². The quantitative estimate of drug-likeness (QED) is 0.419. The van der Waals surface area contributed by atoms with E-state index in [1.165, 1.54) is 5.56 Å². The minimum absolute atomic E-state index is 0.273. The zero-order chi connectivity index (χ0) is 12.3. The molecule has 0 saturated carbocycles. The second-order valence-corrected chi connectivity index (χ2v) is 4.14. The summed E-state index contributed by atoms with van der Waals surface area (Å²) in [6.45, 7) is 4.43. The monoisotopic (exact) mass is 232 g/mol. The van der Waals surface area contributed by atoms with Crippen molar-refractivity contribution in [3.05, 3.63) is 47.5 Å². The van der Waals surface area contributed by atoms with Gasteiger partial charge in [-0.1, -0.05) is 12.1 Å². The molecule has 0 radical (unpaired) electrons. The molecule has 4 heteroatoms. The van der Waals surface area contributed by atoms with Crippen molar-refractivity contribution < 1.29 is 10.0 Å². The van der Waals surface area contributed by atoms with Gasteiger partial charge in [0.25, 0.3) is 5.91 Å². The number of benzene rings is 1. The smallest absolute Gasteiger partial charge is 0.274 e. The zero-order valence-electron chi connectivity index (χ0n) is 9.57. The van der Waals surface area contributed by atoms with Crippen molar-refractivity contribution in [3.63, 3.8) is 0 Å². The first kappa shape index (κ1) is 11.8. The Hall–Kier alpha value is -1.65. The zero-order valence-corrected chi connectivity index (χ0v) is 9.57. The maximum absolute atomic E-state index is 11.3. The first-order valence-corrected chi connectivity index (χ1v) is 5.67. The normalized spacial score (nSPS) is 17.6.